The van der Waals surface area contributed by atoms with Crippen molar-refractivity contribution in [2.24, 2.45) is 5.41 Å². The Kier molecular flexibility index (Phi) is 6.98. The first-order valence-corrected chi connectivity index (χ1v) is 15.7. The van der Waals surface area contributed by atoms with Gasteiger partial charge in [0.05, 0.1) is 13.2 Å². The van der Waals surface area contributed by atoms with E-state index >= 15 is 0 Å². The zero-order chi connectivity index (χ0) is 23.3. The molecule has 4 heteroatoms. The molecule has 2 aromatic carbocycles. The largest absolute Gasteiger partial charge is 0.487 e. The molecule has 0 radical (unpaired) electrons. The standard InChI is InChI=1S/C29H30O2SSi/c1-5-12-25-27-28(26(32-25)17-18-33(2,3)4)31-22-29(21-30-27,19-23-13-8-6-9-14-23)20-24-15-10-7-11-16-24/h6-11,13-16H,19-22H2,1-4H3. The summed E-state index contributed by atoms with van der Waals surface area (Å²) < 4.78 is 13.1. The number of fused-ring (bicyclic) bond motifs is 1. The summed E-state index contributed by atoms with van der Waals surface area (Å²) in [6.45, 7) is 9.75. The highest BCUT2D eigenvalue weighted by atomic mass is 32.1. The number of hydrogen-bond acceptors (Lipinski definition) is 3. The molecule has 0 spiro atoms. The summed E-state index contributed by atoms with van der Waals surface area (Å²) in [6.07, 6.45) is 1.75. The molecule has 0 bridgehead atoms. The highest BCUT2D eigenvalue weighted by molar-refractivity contribution is 7.14. The van der Waals surface area contributed by atoms with Crippen LogP contribution in [-0.2, 0) is 12.8 Å². The van der Waals surface area contributed by atoms with Crippen LogP contribution in [0.25, 0.3) is 0 Å². The van der Waals surface area contributed by atoms with Crippen LogP contribution in [0.2, 0.25) is 19.6 Å². The maximum absolute atomic E-state index is 6.56. The monoisotopic (exact) mass is 470 g/mol. The Morgan fingerprint density at radius 3 is 1.73 bits per heavy atom. The quantitative estimate of drug-likeness (QED) is 0.316. The molecule has 4 rings (SSSR count). The van der Waals surface area contributed by atoms with Crippen LogP contribution in [0.1, 0.15) is 27.8 Å². The smallest absolute Gasteiger partial charge is 0.189 e. The van der Waals surface area contributed by atoms with Crippen LogP contribution in [0.5, 0.6) is 11.5 Å². The maximum Gasteiger partial charge on any atom is 0.189 e. The molecule has 0 saturated carbocycles. The molecule has 0 fully saturated rings. The zero-order valence-corrected chi connectivity index (χ0v) is 21.6. The van der Waals surface area contributed by atoms with Crippen LogP contribution in [0.4, 0.5) is 0 Å². The minimum Gasteiger partial charge on any atom is -0.487 e. The summed E-state index contributed by atoms with van der Waals surface area (Å²) in [4.78, 5) is 1.84. The molecule has 0 aliphatic carbocycles. The van der Waals surface area contributed by atoms with Gasteiger partial charge >= 0.3 is 0 Å². The molecule has 1 aliphatic rings. The number of ether oxygens (including phenoxy) is 2. The summed E-state index contributed by atoms with van der Waals surface area (Å²) in [6, 6.07) is 21.3. The van der Waals surface area contributed by atoms with Gasteiger partial charge < -0.3 is 9.47 Å². The zero-order valence-electron chi connectivity index (χ0n) is 19.8. The Morgan fingerprint density at radius 1 is 0.788 bits per heavy atom. The Bertz CT molecular complexity index is 1170. The van der Waals surface area contributed by atoms with Crippen molar-refractivity contribution in [3.63, 3.8) is 0 Å². The molecule has 2 heterocycles. The molecule has 0 atom stereocenters. The average molecular weight is 471 g/mol. The lowest BCUT2D eigenvalue weighted by atomic mass is 9.77. The molecule has 2 nitrogen and oxygen atoms in total. The van der Waals surface area contributed by atoms with Crippen molar-refractivity contribution in [1.82, 2.24) is 0 Å². The van der Waals surface area contributed by atoms with Gasteiger partial charge in [-0.1, -0.05) is 92.1 Å². The van der Waals surface area contributed by atoms with E-state index in [2.05, 4.69) is 104 Å². The lowest BCUT2D eigenvalue weighted by molar-refractivity contribution is 0.102. The van der Waals surface area contributed by atoms with E-state index in [1.54, 1.807) is 11.3 Å². The summed E-state index contributed by atoms with van der Waals surface area (Å²) in [5.41, 5.74) is 5.86. The van der Waals surface area contributed by atoms with E-state index in [0.717, 1.165) is 34.1 Å². The summed E-state index contributed by atoms with van der Waals surface area (Å²) in [5.74, 6) is 11.2. The van der Waals surface area contributed by atoms with Crippen molar-refractivity contribution in [3.05, 3.63) is 81.5 Å². The van der Waals surface area contributed by atoms with Gasteiger partial charge in [-0.15, -0.1) is 22.8 Å². The van der Waals surface area contributed by atoms with Crippen molar-refractivity contribution in [1.29, 1.82) is 0 Å². The lowest BCUT2D eigenvalue weighted by Gasteiger charge is -2.31. The molecule has 168 valence electrons. The van der Waals surface area contributed by atoms with Crippen molar-refractivity contribution in [2.45, 2.75) is 39.4 Å². The van der Waals surface area contributed by atoms with Crippen molar-refractivity contribution in [3.8, 4) is 34.8 Å². The van der Waals surface area contributed by atoms with Crippen LogP contribution in [-0.4, -0.2) is 21.3 Å². The van der Waals surface area contributed by atoms with Gasteiger partial charge in [-0.2, -0.15) is 0 Å². The van der Waals surface area contributed by atoms with Crippen molar-refractivity contribution < 1.29 is 9.47 Å². The normalized spacial score (nSPS) is 14.3. The van der Waals surface area contributed by atoms with Gasteiger partial charge in [0.25, 0.3) is 0 Å². The summed E-state index contributed by atoms with van der Waals surface area (Å²) >= 11 is 1.58. The van der Waals surface area contributed by atoms with Gasteiger partial charge in [-0.25, -0.2) is 0 Å². The second-order valence-electron chi connectivity index (χ2n) is 9.70. The van der Waals surface area contributed by atoms with Crippen LogP contribution < -0.4 is 9.47 Å². The van der Waals surface area contributed by atoms with Crippen LogP contribution >= 0.6 is 11.3 Å². The van der Waals surface area contributed by atoms with E-state index in [9.17, 15) is 0 Å². The molecule has 1 aromatic heterocycles. The molecule has 0 unspecified atom stereocenters. The first-order chi connectivity index (χ1) is 15.9. The number of benzene rings is 2. The molecule has 3 aromatic rings. The van der Waals surface area contributed by atoms with Gasteiger partial charge in [-0.3, -0.25) is 0 Å². The van der Waals surface area contributed by atoms with Crippen molar-refractivity contribution >= 4 is 19.4 Å². The minimum atomic E-state index is -1.52. The number of rotatable bonds is 4. The molecule has 0 saturated heterocycles. The van der Waals surface area contributed by atoms with E-state index < -0.39 is 8.07 Å². The third kappa shape index (κ3) is 5.91. The van der Waals surface area contributed by atoms with E-state index in [-0.39, 0.29) is 5.41 Å². The fraction of sp³-hybridized carbons (Fsp3) is 0.310. The van der Waals surface area contributed by atoms with Crippen LogP contribution in [0, 0.1) is 28.7 Å². The molecule has 0 amide bonds. The summed E-state index contributed by atoms with van der Waals surface area (Å²) in [5, 5.41) is 0. The van der Waals surface area contributed by atoms with E-state index in [1.165, 1.54) is 11.1 Å². The van der Waals surface area contributed by atoms with Gasteiger partial charge in [0.15, 0.2) is 11.5 Å². The second kappa shape index (κ2) is 9.92. The maximum atomic E-state index is 6.56. The predicted octanol–water partition coefficient (Wildman–Crippen LogP) is 6.59. The molecule has 0 N–H and O–H groups in total. The first-order valence-electron chi connectivity index (χ1n) is 11.3. The number of thiophene rings is 1. The van der Waals surface area contributed by atoms with E-state index in [1.807, 2.05) is 6.92 Å². The SMILES string of the molecule is CC#Cc1sc(C#C[Si](C)(C)C)c2c1OCC(Cc1ccccc1)(Cc1ccccc1)CO2. The van der Waals surface area contributed by atoms with Gasteiger partial charge in [-0.05, 0) is 30.9 Å². The Balaban J connectivity index is 1.72. The second-order valence-corrected chi connectivity index (χ2v) is 15.5. The fourth-order valence-corrected chi connectivity index (χ4v) is 5.54. The number of hydrogen-bond donors (Lipinski definition) is 0. The average Bonchev–Trinajstić information content (AvgIpc) is 3.01. The highest BCUT2D eigenvalue weighted by Gasteiger charge is 2.38. The summed E-state index contributed by atoms with van der Waals surface area (Å²) in [7, 11) is -1.52. The fourth-order valence-electron chi connectivity index (χ4n) is 4.00. The topological polar surface area (TPSA) is 18.5 Å². The van der Waals surface area contributed by atoms with Gasteiger partial charge in [0.2, 0.25) is 0 Å². The lowest BCUT2D eigenvalue weighted by Crippen LogP contribution is -2.38. The van der Waals surface area contributed by atoms with Gasteiger partial charge in [0, 0.05) is 5.41 Å². The van der Waals surface area contributed by atoms with Crippen molar-refractivity contribution in [2.75, 3.05) is 13.2 Å². The molecular weight excluding hydrogens is 440 g/mol. The Labute approximate surface area is 203 Å². The first kappa shape index (κ1) is 23.2. The Morgan fingerprint density at radius 2 is 1.27 bits per heavy atom. The van der Waals surface area contributed by atoms with Gasteiger partial charge in [0.1, 0.15) is 17.8 Å². The van der Waals surface area contributed by atoms with E-state index in [4.69, 9.17) is 9.47 Å². The Hall–Kier alpha value is -2.92. The van der Waals surface area contributed by atoms with Crippen LogP contribution in [0.3, 0.4) is 0 Å². The van der Waals surface area contributed by atoms with Crippen LogP contribution in [0.15, 0.2) is 60.7 Å². The third-order valence-electron chi connectivity index (χ3n) is 5.50. The molecular formula is C29H30O2SSi. The molecule has 33 heavy (non-hydrogen) atoms. The molecule has 1 aliphatic heterocycles. The van der Waals surface area contributed by atoms with E-state index in [0.29, 0.717) is 13.2 Å². The third-order valence-corrected chi connectivity index (χ3v) is 7.36. The minimum absolute atomic E-state index is 0.195. The predicted molar refractivity (Wildman–Crippen MR) is 141 cm³/mol. The highest BCUT2D eigenvalue weighted by Crippen LogP contribution is 2.46.